The molecular weight excluding hydrogens is 454 g/mol. The monoisotopic (exact) mass is 478 g/mol. The standard InChI is InChI=1S/C27H24F2N2O4/c28-19-11-14-24(23(29)15-19)31-27(35)30-20-12-9-17(10-13-20)16-5-7-18(8-6-16)25(32)21-3-1-2-4-22(21)26(33)34/h5-15,21-22H,1-4H2,(H,33,34)(H2,30,31,35)/t21-,22-/m1/s1. The number of aliphatic carboxylic acids is 1. The van der Waals surface area contributed by atoms with Crippen molar-refractivity contribution in [1.82, 2.24) is 0 Å². The summed E-state index contributed by atoms with van der Waals surface area (Å²) in [6.45, 7) is 0. The minimum Gasteiger partial charge on any atom is -0.481 e. The molecule has 0 aliphatic heterocycles. The lowest BCUT2D eigenvalue weighted by molar-refractivity contribution is -0.144. The van der Waals surface area contributed by atoms with Gasteiger partial charge in [-0.2, -0.15) is 0 Å². The summed E-state index contributed by atoms with van der Waals surface area (Å²) >= 11 is 0. The van der Waals surface area contributed by atoms with Crippen molar-refractivity contribution < 1.29 is 28.3 Å². The zero-order valence-electron chi connectivity index (χ0n) is 18.8. The third-order valence-electron chi connectivity index (χ3n) is 6.24. The Bertz CT molecular complexity index is 1240. The summed E-state index contributed by atoms with van der Waals surface area (Å²) in [7, 11) is 0. The van der Waals surface area contributed by atoms with E-state index in [1.165, 1.54) is 0 Å². The Hall–Kier alpha value is -4.07. The predicted molar refractivity (Wildman–Crippen MR) is 128 cm³/mol. The maximum Gasteiger partial charge on any atom is 0.323 e. The summed E-state index contributed by atoms with van der Waals surface area (Å²) in [5, 5.41) is 14.4. The molecule has 1 saturated carbocycles. The van der Waals surface area contributed by atoms with E-state index in [9.17, 15) is 28.3 Å². The van der Waals surface area contributed by atoms with Crippen LogP contribution in [0.3, 0.4) is 0 Å². The first kappa shape index (κ1) is 24.1. The summed E-state index contributed by atoms with van der Waals surface area (Å²) in [5.74, 6) is -3.78. The van der Waals surface area contributed by atoms with Crippen molar-refractivity contribution in [2.75, 3.05) is 10.6 Å². The zero-order chi connectivity index (χ0) is 24.9. The second kappa shape index (κ2) is 10.5. The van der Waals surface area contributed by atoms with Crippen LogP contribution in [0.15, 0.2) is 66.7 Å². The summed E-state index contributed by atoms with van der Waals surface area (Å²) in [4.78, 5) is 36.6. The molecule has 0 heterocycles. The molecule has 0 spiro atoms. The molecule has 6 nitrogen and oxygen atoms in total. The maximum absolute atomic E-state index is 13.7. The highest BCUT2D eigenvalue weighted by molar-refractivity contribution is 6.01. The molecule has 3 aromatic rings. The molecule has 180 valence electrons. The third kappa shape index (κ3) is 5.71. The molecule has 3 aromatic carbocycles. The van der Waals surface area contributed by atoms with Gasteiger partial charge >= 0.3 is 12.0 Å². The summed E-state index contributed by atoms with van der Waals surface area (Å²) in [6.07, 6.45) is 2.80. The van der Waals surface area contributed by atoms with Crippen LogP contribution in [-0.2, 0) is 4.79 Å². The summed E-state index contributed by atoms with van der Waals surface area (Å²) < 4.78 is 26.7. The Kier molecular flexibility index (Phi) is 7.19. The number of carboxylic acid groups (broad SMARTS) is 1. The third-order valence-corrected chi connectivity index (χ3v) is 6.24. The molecule has 1 aliphatic rings. The van der Waals surface area contributed by atoms with Gasteiger partial charge < -0.3 is 15.7 Å². The van der Waals surface area contributed by atoms with Gasteiger partial charge in [-0.25, -0.2) is 13.6 Å². The van der Waals surface area contributed by atoms with Gasteiger partial charge in [0.25, 0.3) is 0 Å². The molecule has 35 heavy (non-hydrogen) atoms. The van der Waals surface area contributed by atoms with Crippen LogP contribution >= 0.6 is 0 Å². The molecule has 0 unspecified atom stereocenters. The molecule has 1 fully saturated rings. The van der Waals surface area contributed by atoms with Gasteiger partial charge in [-0.1, -0.05) is 49.2 Å². The highest BCUT2D eigenvalue weighted by atomic mass is 19.1. The number of carbonyl (C=O) groups excluding carboxylic acids is 2. The van der Waals surface area contributed by atoms with Gasteiger partial charge in [0.2, 0.25) is 0 Å². The Morgan fingerprint density at radius 1 is 0.771 bits per heavy atom. The van der Waals surface area contributed by atoms with E-state index in [1.54, 1.807) is 48.5 Å². The topological polar surface area (TPSA) is 95.5 Å². The highest BCUT2D eigenvalue weighted by Crippen LogP contribution is 2.33. The first-order valence-electron chi connectivity index (χ1n) is 11.3. The van der Waals surface area contributed by atoms with Gasteiger partial charge in [0.1, 0.15) is 11.6 Å². The number of anilines is 2. The number of amides is 2. The minimum atomic E-state index is -0.912. The van der Waals surface area contributed by atoms with E-state index in [-0.39, 0.29) is 11.5 Å². The fourth-order valence-corrected chi connectivity index (χ4v) is 4.40. The molecule has 2 amide bonds. The van der Waals surface area contributed by atoms with Crippen LogP contribution in [0.1, 0.15) is 36.0 Å². The fraction of sp³-hybridized carbons (Fsp3) is 0.222. The average Bonchev–Trinajstić information content (AvgIpc) is 2.86. The fourth-order valence-electron chi connectivity index (χ4n) is 4.40. The van der Waals surface area contributed by atoms with E-state index in [0.29, 0.717) is 30.2 Å². The summed E-state index contributed by atoms with van der Waals surface area (Å²) in [5.41, 5.74) is 2.52. The van der Waals surface area contributed by atoms with Gasteiger partial charge in [-0.15, -0.1) is 0 Å². The van der Waals surface area contributed by atoms with Gasteiger partial charge in [0.15, 0.2) is 5.78 Å². The van der Waals surface area contributed by atoms with Crippen LogP contribution in [0.4, 0.5) is 25.0 Å². The number of carboxylic acids is 1. The van der Waals surface area contributed by atoms with Crippen molar-refractivity contribution >= 4 is 29.2 Å². The molecule has 0 bridgehead atoms. The number of nitrogens with one attached hydrogen (secondary N) is 2. The second-order valence-corrected chi connectivity index (χ2v) is 8.56. The molecule has 0 aromatic heterocycles. The lowest BCUT2D eigenvalue weighted by Gasteiger charge is -2.27. The van der Waals surface area contributed by atoms with Crippen LogP contribution in [0.2, 0.25) is 0 Å². The van der Waals surface area contributed by atoms with Crippen LogP contribution in [0.5, 0.6) is 0 Å². The van der Waals surface area contributed by atoms with Gasteiger partial charge in [-0.05, 0) is 48.2 Å². The van der Waals surface area contributed by atoms with Gasteiger partial charge in [0, 0.05) is 23.2 Å². The first-order chi connectivity index (χ1) is 16.8. The highest BCUT2D eigenvalue weighted by Gasteiger charge is 2.35. The molecule has 1 aliphatic carbocycles. The van der Waals surface area contributed by atoms with Crippen molar-refractivity contribution in [3.63, 3.8) is 0 Å². The Balaban J connectivity index is 1.39. The molecular formula is C27H24F2N2O4. The number of Topliss-reactive ketones (excluding diaryl/α,β-unsaturated/α-hetero) is 1. The number of hydrogen-bond donors (Lipinski definition) is 3. The Labute approximate surface area is 201 Å². The van der Waals surface area contributed by atoms with Gasteiger partial charge in [0.05, 0.1) is 11.6 Å². The molecule has 0 saturated heterocycles. The van der Waals surface area contributed by atoms with Crippen molar-refractivity contribution in [1.29, 1.82) is 0 Å². The molecule has 3 N–H and O–H groups in total. The van der Waals surface area contributed by atoms with Crippen molar-refractivity contribution in [3.8, 4) is 11.1 Å². The number of rotatable bonds is 6. The average molecular weight is 478 g/mol. The van der Waals surface area contributed by atoms with E-state index in [0.717, 1.165) is 36.1 Å². The van der Waals surface area contributed by atoms with E-state index in [1.807, 2.05) is 0 Å². The SMILES string of the molecule is O=C(Nc1ccc(-c2ccc(C(=O)[C@@H]3CCCC[C@H]3C(=O)O)cc2)cc1)Nc1ccc(F)cc1F. The van der Waals surface area contributed by atoms with E-state index >= 15 is 0 Å². The molecule has 8 heteroatoms. The number of carbonyl (C=O) groups is 3. The van der Waals surface area contributed by atoms with Gasteiger partial charge in [-0.3, -0.25) is 9.59 Å². The summed E-state index contributed by atoms with van der Waals surface area (Å²) in [6, 6.07) is 16.1. The normalized spacial score (nSPS) is 17.4. The molecule has 4 rings (SSSR count). The van der Waals surface area contributed by atoms with Crippen LogP contribution in [0, 0.1) is 23.5 Å². The van der Waals surface area contributed by atoms with E-state index in [2.05, 4.69) is 10.6 Å². The lowest BCUT2D eigenvalue weighted by Crippen LogP contribution is -2.32. The van der Waals surface area contributed by atoms with Crippen molar-refractivity contribution in [2.45, 2.75) is 25.7 Å². The second-order valence-electron chi connectivity index (χ2n) is 8.56. The smallest absolute Gasteiger partial charge is 0.323 e. The number of hydrogen-bond acceptors (Lipinski definition) is 3. The van der Waals surface area contributed by atoms with Crippen LogP contribution in [-0.4, -0.2) is 22.9 Å². The van der Waals surface area contributed by atoms with Crippen molar-refractivity contribution in [2.24, 2.45) is 11.8 Å². The van der Waals surface area contributed by atoms with E-state index < -0.39 is 35.5 Å². The van der Waals surface area contributed by atoms with E-state index in [4.69, 9.17) is 0 Å². The number of benzene rings is 3. The zero-order valence-corrected chi connectivity index (χ0v) is 18.8. The van der Waals surface area contributed by atoms with Crippen LogP contribution < -0.4 is 10.6 Å². The first-order valence-corrected chi connectivity index (χ1v) is 11.3. The van der Waals surface area contributed by atoms with Crippen molar-refractivity contribution in [3.05, 3.63) is 83.9 Å². The van der Waals surface area contributed by atoms with Crippen LogP contribution in [0.25, 0.3) is 11.1 Å². The minimum absolute atomic E-state index is 0.133. The molecule has 2 atom stereocenters. The number of ketones is 1. The lowest BCUT2D eigenvalue weighted by atomic mass is 9.75. The quantitative estimate of drug-likeness (QED) is 0.360. The predicted octanol–water partition coefficient (Wildman–Crippen LogP) is 6.35. The number of urea groups is 1. The Morgan fingerprint density at radius 2 is 1.37 bits per heavy atom. The maximum atomic E-state index is 13.7. The number of halogens is 2. The largest absolute Gasteiger partial charge is 0.481 e. The Morgan fingerprint density at radius 3 is 1.97 bits per heavy atom. The molecule has 0 radical (unpaired) electrons.